The molecule has 0 aliphatic heterocycles. The van der Waals surface area contributed by atoms with E-state index in [1.54, 1.807) is 0 Å². The summed E-state index contributed by atoms with van der Waals surface area (Å²) in [5, 5.41) is 8.32. The van der Waals surface area contributed by atoms with E-state index in [-0.39, 0.29) is 0 Å². The first-order chi connectivity index (χ1) is 4.46. The minimum atomic E-state index is -1.85. The number of hydrogen-bond acceptors (Lipinski definition) is 3. The van der Waals surface area contributed by atoms with E-state index < -0.39 is 22.0 Å². The number of aliphatic hydroxyl groups is 1. The number of hydrogen-bond donors (Lipinski definition) is 1. The van der Waals surface area contributed by atoms with Gasteiger partial charge in [0.15, 0.2) is 10.4 Å². The second kappa shape index (κ2) is 4.13. The summed E-state index contributed by atoms with van der Waals surface area (Å²) in [6, 6.07) is 0. The first kappa shape index (κ1) is 10.2. The van der Waals surface area contributed by atoms with Crippen LogP contribution in [0.4, 0.5) is 0 Å². The molecule has 0 aliphatic rings. The highest BCUT2D eigenvalue weighted by atomic mass is 35.5. The van der Waals surface area contributed by atoms with Crippen LogP contribution in [-0.4, -0.2) is 27.1 Å². The normalized spacial score (nSPS) is 13.3. The summed E-state index contributed by atoms with van der Waals surface area (Å²) in [7, 11) is 0. The van der Waals surface area contributed by atoms with Crippen molar-refractivity contribution in [3.8, 4) is 0 Å². The Hall–Kier alpha value is 0.170. The molecule has 0 amide bonds. The van der Waals surface area contributed by atoms with Gasteiger partial charge in [-0.15, -0.1) is 0 Å². The Balaban J connectivity index is 4.10. The van der Waals surface area contributed by atoms with Gasteiger partial charge >= 0.3 is 0 Å². The van der Waals surface area contributed by atoms with Crippen LogP contribution in [0.3, 0.4) is 0 Å². The monoisotopic (exact) mass is 204 g/mol. The molecule has 0 bridgehead atoms. The third kappa shape index (κ3) is 2.84. The van der Waals surface area contributed by atoms with Gasteiger partial charge in [0.1, 0.15) is 0 Å². The zero-order chi connectivity index (χ0) is 8.31. The fourth-order valence-corrected chi connectivity index (χ4v) is 0.548. The zero-order valence-electron chi connectivity index (χ0n) is 4.55. The Bertz CT molecular complexity index is 136. The lowest BCUT2D eigenvalue weighted by Gasteiger charge is -1.99. The summed E-state index contributed by atoms with van der Waals surface area (Å²) < 4.78 is 0. The highest BCUT2D eigenvalue weighted by molar-refractivity contribution is 6.65. The van der Waals surface area contributed by atoms with Crippen LogP contribution in [0.2, 0.25) is 0 Å². The van der Waals surface area contributed by atoms with Gasteiger partial charge in [0.2, 0.25) is 11.6 Å². The van der Waals surface area contributed by atoms with Crippen LogP contribution in [0.5, 0.6) is 0 Å². The van der Waals surface area contributed by atoms with E-state index in [2.05, 4.69) is 0 Å². The topological polar surface area (TPSA) is 54.4 Å². The molecule has 10 heavy (non-hydrogen) atoms. The van der Waals surface area contributed by atoms with E-state index in [1.807, 2.05) is 0 Å². The van der Waals surface area contributed by atoms with Gasteiger partial charge in [-0.25, -0.2) is 0 Å². The summed E-state index contributed by atoms with van der Waals surface area (Å²) in [5.74, 6) is -2.30. The summed E-state index contributed by atoms with van der Waals surface area (Å²) in [6.07, 6.45) is 0. The third-order valence-electron chi connectivity index (χ3n) is 0.657. The first-order valence-corrected chi connectivity index (χ1v) is 3.46. The molecular formula is C4H3Cl3O3. The van der Waals surface area contributed by atoms with Gasteiger partial charge < -0.3 is 5.11 Å². The van der Waals surface area contributed by atoms with Crippen molar-refractivity contribution in [2.24, 2.45) is 0 Å². The molecule has 0 aliphatic carbocycles. The fraction of sp³-hybridized carbons (Fsp3) is 0.500. The molecular weight excluding hydrogens is 202 g/mol. The largest absolute Gasteiger partial charge is 0.371 e. The van der Waals surface area contributed by atoms with Crippen molar-refractivity contribution in [1.82, 2.24) is 0 Å². The molecule has 0 aromatic carbocycles. The number of aliphatic hydroxyl groups excluding tert-OH is 1. The number of carbonyl (C=O) groups excluding carboxylic acids is 2. The summed E-state index contributed by atoms with van der Waals surface area (Å²) in [4.78, 5) is 19.4. The molecule has 0 spiro atoms. The smallest absolute Gasteiger partial charge is 0.244 e. The van der Waals surface area contributed by atoms with Crippen LogP contribution < -0.4 is 0 Å². The highest BCUT2D eigenvalue weighted by Gasteiger charge is 2.25. The average molecular weight is 205 g/mol. The molecule has 6 heteroatoms. The molecule has 0 saturated heterocycles. The Labute approximate surface area is 71.9 Å². The van der Waals surface area contributed by atoms with Gasteiger partial charge in [-0.05, 0) is 0 Å². The standard InChI is InChI=1S/C4H3Cl3O3/c5-3(6)1(8)2(9)4(7)10/h3-4,10H. The van der Waals surface area contributed by atoms with E-state index in [1.165, 1.54) is 0 Å². The van der Waals surface area contributed by atoms with E-state index in [0.717, 1.165) is 0 Å². The molecule has 0 fully saturated rings. The molecule has 58 valence electrons. The van der Waals surface area contributed by atoms with E-state index in [0.29, 0.717) is 0 Å². The Morgan fingerprint density at radius 2 is 1.50 bits per heavy atom. The van der Waals surface area contributed by atoms with Crippen molar-refractivity contribution in [2.75, 3.05) is 0 Å². The van der Waals surface area contributed by atoms with Crippen LogP contribution in [-0.2, 0) is 9.59 Å². The molecule has 0 saturated carbocycles. The maximum Gasteiger partial charge on any atom is 0.244 e. The molecule has 0 rings (SSSR count). The second-order valence-corrected chi connectivity index (χ2v) is 2.87. The summed E-state index contributed by atoms with van der Waals surface area (Å²) in [6.45, 7) is 0. The van der Waals surface area contributed by atoms with E-state index >= 15 is 0 Å². The van der Waals surface area contributed by atoms with Gasteiger partial charge in [0.25, 0.3) is 0 Å². The number of halogens is 3. The number of rotatable bonds is 3. The SMILES string of the molecule is O=C(C(=O)C(Cl)Cl)C(O)Cl. The zero-order valence-corrected chi connectivity index (χ0v) is 6.82. The Kier molecular flexibility index (Phi) is 4.20. The minimum Gasteiger partial charge on any atom is -0.371 e. The molecule has 1 N–H and O–H groups in total. The number of alkyl halides is 3. The number of ketones is 2. The lowest BCUT2D eigenvalue weighted by atomic mass is 10.3. The van der Waals surface area contributed by atoms with Gasteiger partial charge in [0.05, 0.1) is 0 Å². The molecule has 1 unspecified atom stereocenters. The van der Waals surface area contributed by atoms with Crippen LogP contribution in [0.25, 0.3) is 0 Å². The van der Waals surface area contributed by atoms with Gasteiger partial charge in [-0.3, -0.25) is 9.59 Å². The highest BCUT2D eigenvalue weighted by Crippen LogP contribution is 2.06. The van der Waals surface area contributed by atoms with Gasteiger partial charge in [-0.1, -0.05) is 34.8 Å². The second-order valence-electron chi connectivity index (χ2n) is 1.36. The summed E-state index contributed by atoms with van der Waals surface area (Å²) >= 11 is 14.8. The Morgan fingerprint density at radius 1 is 1.10 bits per heavy atom. The van der Waals surface area contributed by atoms with Crippen molar-refractivity contribution in [2.45, 2.75) is 10.4 Å². The van der Waals surface area contributed by atoms with Crippen molar-refractivity contribution >= 4 is 46.4 Å². The van der Waals surface area contributed by atoms with Gasteiger partial charge in [-0.2, -0.15) is 0 Å². The van der Waals surface area contributed by atoms with E-state index in [9.17, 15) is 9.59 Å². The minimum absolute atomic E-state index is 1.11. The predicted molar refractivity (Wildman–Crippen MR) is 37.4 cm³/mol. The van der Waals surface area contributed by atoms with Crippen molar-refractivity contribution in [3.63, 3.8) is 0 Å². The van der Waals surface area contributed by atoms with Crippen LogP contribution in [0.1, 0.15) is 0 Å². The quantitative estimate of drug-likeness (QED) is 0.539. The maximum atomic E-state index is 10.4. The molecule has 3 nitrogen and oxygen atoms in total. The Morgan fingerprint density at radius 3 is 1.60 bits per heavy atom. The molecule has 0 radical (unpaired) electrons. The van der Waals surface area contributed by atoms with E-state index in [4.69, 9.17) is 39.9 Å². The maximum absolute atomic E-state index is 10.4. The first-order valence-electron chi connectivity index (χ1n) is 2.15. The van der Waals surface area contributed by atoms with Gasteiger partial charge in [0, 0.05) is 0 Å². The molecule has 0 aromatic heterocycles. The predicted octanol–water partition coefficient (Wildman–Crippen LogP) is 0.485. The average Bonchev–Trinajstić information content (AvgIpc) is 1.84. The van der Waals surface area contributed by atoms with Crippen molar-refractivity contribution in [3.05, 3.63) is 0 Å². The van der Waals surface area contributed by atoms with Crippen LogP contribution in [0, 0.1) is 0 Å². The van der Waals surface area contributed by atoms with Crippen molar-refractivity contribution in [1.29, 1.82) is 0 Å². The lowest BCUT2D eigenvalue weighted by molar-refractivity contribution is -0.138. The number of Topliss-reactive ketones (excluding diaryl/α,β-unsaturated/α-hetero) is 2. The third-order valence-corrected chi connectivity index (χ3v) is 1.25. The fourth-order valence-electron chi connectivity index (χ4n) is 0.225. The summed E-state index contributed by atoms with van der Waals surface area (Å²) in [5.41, 5.74) is -1.85. The molecule has 0 heterocycles. The van der Waals surface area contributed by atoms with Crippen molar-refractivity contribution < 1.29 is 14.7 Å². The lowest BCUT2D eigenvalue weighted by Crippen LogP contribution is -2.28. The molecule has 0 aromatic rings. The van der Waals surface area contributed by atoms with Crippen LogP contribution >= 0.6 is 34.8 Å². The molecule has 1 atom stereocenters. The number of carbonyl (C=O) groups is 2. The van der Waals surface area contributed by atoms with Crippen LogP contribution in [0.15, 0.2) is 0 Å².